The molecule has 2 aromatic rings. The van der Waals surface area contributed by atoms with E-state index in [9.17, 15) is 0 Å². The summed E-state index contributed by atoms with van der Waals surface area (Å²) in [7, 11) is 0. The van der Waals surface area contributed by atoms with Crippen molar-refractivity contribution < 1.29 is 4.74 Å². The zero-order valence-electron chi connectivity index (χ0n) is 9.27. The average Bonchev–Trinajstić information content (AvgIpc) is 2.32. The molecule has 0 atom stereocenters. The van der Waals surface area contributed by atoms with Gasteiger partial charge in [-0.2, -0.15) is 0 Å². The number of halogens is 1. The highest BCUT2D eigenvalue weighted by atomic mass is 35.5. The Bertz CT molecular complexity index is 485. The maximum Gasteiger partial charge on any atom is 0.123 e. The minimum atomic E-state index is 0.512. The van der Waals surface area contributed by atoms with Crippen LogP contribution in [-0.4, -0.2) is 4.98 Å². The van der Waals surface area contributed by atoms with Gasteiger partial charge in [-0.15, -0.1) is 0 Å². The molecule has 1 heterocycles. The highest BCUT2D eigenvalue weighted by molar-refractivity contribution is 6.30. The van der Waals surface area contributed by atoms with Crippen LogP contribution < -0.4 is 5.73 Å². The Balaban J connectivity index is 1.85. The molecule has 0 aliphatic carbocycles. The van der Waals surface area contributed by atoms with E-state index in [4.69, 9.17) is 22.1 Å². The SMILES string of the molecule is Nc1cc(COCc2ccc(Cl)cc2)ccn1. The van der Waals surface area contributed by atoms with Gasteiger partial charge in [-0.3, -0.25) is 0 Å². The number of anilines is 1. The van der Waals surface area contributed by atoms with Gasteiger partial charge in [0.05, 0.1) is 13.2 Å². The Labute approximate surface area is 105 Å². The molecule has 0 radical (unpaired) electrons. The number of benzene rings is 1. The Kier molecular flexibility index (Phi) is 3.96. The fraction of sp³-hybridized carbons (Fsp3) is 0.154. The molecule has 88 valence electrons. The zero-order valence-corrected chi connectivity index (χ0v) is 10.0. The van der Waals surface area contributed by atoms with Crippen LogP contribution in [-0.2, 0) is 18.0 Å². The maximum atomic E-state index is 5.80. The van der Waals surface area contributed by atoms with Crippen LogP contribution in [0.25, 0.3) is 0 Å². The molecule has 2 rings (SSSR count). The molecule has 0 saturated carbocycles. The molecule has 0 fully saturated rings. The number of nitrogen functional groups attached to an aromatic ring is 1. The van der Waals surface area contributed by atoms with Gasteiger partial charge in [0.25, 0.3) is 0 Å². The smallest absolute Gasteiger partial charge is 0.123 e. The van der Waals surface area contributed by atoms with Crippen molar-refractivity contribution in [3.63, 3.8) is 0 Å². The molecular formula is C13H13ClN2O. The molecule has 2 N–H and O–H groups in total. The van der Waals surface area contributed by atoms with Crippen LogP contribution in [0, 0.1) is 0 Å². The first-order valence-electron chi connectivity index (χ1n) is 5.26. The summed E-state index contributed by atoms with van der Waals surface area (Å²) in [5.41, 5.74) is 7.69. The van der Waals surface area contributed by atoms with E-state index in [1.54, 1.807) is 6.20 Å². The fourth-order valence-electron chi connectivity index (χ4n) is 1.45. The van der Waals surface area contributed by atoms with E-state index >= 15 is 0 Å². The second-order valence-electron chi connectivity index (χ2n) is 3.71. The van der Waals surface area contributed by atoms with Gasteiger partial charge < -0.3 is 10.5 Å². The third-order valence-corrected chi connectivity index (χ3v) is 2.55. The Morgan fingerprint density at radius 3 is 2.47 bits per heavy atom. The first-order valence-corrected chi connectivity index (χ1v) is 5.64. The van der Waals surface area contributed by atoms with E-state index in [0.717, 1.165) is 16.1 Å². The Hall–Kier alpha value is -1.58. The van der Waals surface area contributed by atoms with Crippen LogP contribution in [0.4, 0.5) is 5.82 Å². The normalized spacial score (nSPS) is 10.4. The number of nitrogens with two attached hydrogens (primary N) is 1. The van der Waals surface area contributed by atoms with Crippen molar-refractivity contribution in [2.24, 2.45) is 0 Å². The lowest BCUT2D eigenvalue weighted by molar-refractivity contribution is 0.107. The van der Waals surface area contributed by atoms with Gasteiger partial charge in [0, 0.05) is 11.2 Å². The predicted octanol–water partition coefficient (Wildman–Crippen LogP) is 3.03. The zero-order chi connectivity index (χ0) is 12.1. The molecule has 0 unspecified atom stereocenters. The topological polar surface area (TPSA) is 48.1 Å². The molecule has 3 nitrogen and oxygen atoms in total. The van der Waals surface area contributed by atoms with Crippen molar-refractivity contribution in [1.29, 1.82) is 0 Å². The first-order chi connectivity index (χ1) is 8.24. The summed E-state index contributed by atoms with van der Waals surface area (Å²) >= 11 is 5.80. The van der Waals surface area contributed by atoms with Crippen molar-refractivity contribution in [3.8, 4) is 0 Å². The van der Waals surface area contributed by atoms with Crippen molar-refractivity contribution in [3.05, 3.63) is 58.7 Å². The highest BCUT2D eigenvalue weighted by Gasteiger charge is 1.96. The molecule has 0 aliphatic rings. The monoisotopic (exact) mass is 248 g/mol. The van der Waals surface area contributed by atoms with E-state index in [1.165, 1.54) is 0 Å². The summed E-state index contributed by atoms with van der Waals surface area (Å²) in [4.78, 5) is 3.92. The third kappa shape index (κ3) is 3.73. The second kappa shape index (κ2) is 5.66. The van der Waals surface area contributed by atoms with E-state index in [1.807, 2.05) is 36.4 Å². The quantitative estimate of drug-likeness (QED) is 0.905. The van der Waals surface area contributed by atoms with E-state index in [-0.39, 0.29) is 0 Å². The first kappa shape index (κ1) is 11.9. The summed E-state index contributed by atoms with van der Waals surface area (Å²) < 4.78 is 5.57. The second-order valence-corrected chi connectivity index (χ2v) is 4.14. The summed E-state index contributed by atoms with van der Waals surface area (Å²) in [5, 5.41) is 0.732. The summed E-state index contributed by atoms with van der Waals surface area (Å²) in [5.74, 6) is 0.512. The Morgan fingerprint density at radius 2 is 1.76 bits per heavy atom. The Morgan fingerprint density at radius 1 is 1.06 bits per heavy atom. The van der Waals surface area contributed by atoms with Crippen LogP contribution in [0.1, 0.15) is 11.1 Å². The molecule has 0 saturated heterocycles. The van der Waals surface area contributed by atoms with E-state index in [2.05, 4.69) is 4.98 Å². The third-order valence-electron chi connectivity index (χ3n) is 2.30. The molecule has 4 heteroatoms. The lowest BCUT2D eigenvalue weighted by Crippen LogP contribution is -1.96. The molecule has 17 heavy (non-hydrogen) atoms. The van der Waals surface area contributed by atoms with Gasteiger partial charge >= 0.3 is 0 Å². The van der Waals surface area contributed by atoms with Gasteiger partial charge in [-0.1, -0.05) is 23.7 Å². The van der Waals surface area contributed by atoms with Crippen LogP contribution in [0.5, 0.6) is 0 Å². The van der Waals surface area contributed by atoms with Crippen molar-refractivity contribution in [2.75, 3.05) is 5.73 Å². The van der Waals surface area contributed by atoms with E-state index < -0.39 is 0 Å². The number of nitrogens with zero attached hydrogens (tertiary/aromatic N) is 1. The summed E-state index contributed by atoms with van der Waals surface area (Å²) in [6.45, 7) is 1.08. The highest BCUT2D eigenvalue weighted by Crippen LogP contribution is 2.11. The van der Waals surface area contributed by atoms with Crippen LogP contribution >= 0.6 is 11.6 Å². The van der Waals surface area contributed by atoms with Gasteiger partial charge in [-0.05, 0) is 35.4 Å². The number of aromatic nitrogens is 1. The van der Waals surface area contributed by atoms with Crippen molar-refractivity contribution in [1.82, 2.24) is 4.98 Å². The van der Waals surface area contributed by atoms with Gasteiger partial charge in [-0.25, -0.2) is 4.98 Å². The lowest BCUT2D eigenvalue weighted by Gasteiger charge is -2.05. The van der Waals surface area contributed by atoms with Crippen molar-refractivity contribution >= 4 is 17.4 Å². The van der Waals surface area contributed by atoms with Gasteiger partial charge in [0.1, 0.15) is 5.82 Å². The average molecular weight is 249 g/mol. The number of hydrogen-bond acceptors (Lipinski definition) is 3. The number of ether oxygens (including phenoxy) is 1. The summed E-state index contributed by atoms with van der Waals surface area (Å²) in [6.07, 6.45) is 1.68. The molecule has 0 bridgehead atoms. The predicted molar refractivity (Wildman–Crippen MR) is 68.6 cm³/mol. The number of pyridine rings is 1. The minimum Gasteiger partial charge on any atom is -0.384 e. The molecule has 0 amide bonds. The largest absolute Gasteiger partial charge is 0.384 e. The molecule has 0 aliphatic heterocycles. The van der Waals surface area contributed by atoms with Crippen LogP contribution in [0.2, 0.25) is 5.02 Å². The minimum absolute atomic E-state index is 0.512. The standard InChI is InChI=1S/C13H13ClN2O/c14-12-3-1-10(2-4-12)8-17-9-11-5-6-16-13(15)7-11/h1-7H,8-9H2,(H2,15,16). The van der Waals surface area contributed by atoms with Gasteiger partial charge in [0.2, 0.25) is 0 Å². The van der Waals surface area contributed by atoms with E-state index in [0.29, 0.717) is 19.0 Å². The summed E-state index contributed by atoms with van der Waals surface area (Å²) in [6, 6.07) is 11.3. The maximum absolute atomic E-state index is 5.80. The molecule has 1 aromatic carbocycles. The number of rotatable bonds is 4. The van der Waals surface area contributed by atoms with Crippen molar-refractivity contribution in [2.45, 2.75) is 13.2 Å². The molecule has 1 aromatic heterocycles. The lowest BCUT2D eigenvalue weighted by atomic mass is 10.2. The van der Waals surface area contributed by atoms with Gasteiger partial charge in [0.15, 0.2) is 0 Å². The molecular weight excluding hydrogens is 236 g/mol. The molecule has 0 spiro atoms. The van der Waals surface area contributed by atoms with Crippen LogP contribution in [0.3, 0.4) is 0 Å². The van der Waals surface area contributed by atoms with Crippen LogP contribution in [0.15, 0.2) is 42.6 Å². The number of hydrogen-bond donors (Lipinski definition) is 1. The fourth-order valence-corrected chi connectivity index (χ4v) is 1.58.